The lowest BCUT2D eigenvalue weighted by Gasteiger charge is -2.42. The zero-order valence-corrected chi connectivity index (χ0v) is 16.4. The minimum Gasteiger partial charge on any atom is -0.382 e. The van der Waals surface area contributed by atoms with Crippen LogP contribution in [0.5, 0.6) is 0 Å². The number of nitrogens with one attached hydrogen (secondary N) is 2. The molecule has 3 heterocycles. The molecule has 0 radical (unpaired) electrons. The molecule has 0 saturated carbocycles. The first-order valence-electron chi connectivity index (χ1n) is 10.4. The second-order valence-electron chi connectivity index (χ2n) is 8.08. The second-order valence-corrected chi connectivity index (χ2v) is 8.08. The number of likely N-dealkylation sites (tertiary alicyclic amines) is 1. The minimum atomic E-state index is 0.475. The quantitative estimate of drug-likeness (QED) is 0.720. The van der Waals surface area contributed by atoms with Gasteiger partial charge in [-0.25, -0.2) is 0 Å². The Bertz CT molecular complexity index is 1060. The summed E-state index contributed by atoms with van der Waals surface area (Å²) >= 11 is 0. The first-order chi connectivity index (χ1) is 14.3. The van der Waals surface area contributed by atoms with Gasteiger partial charge in [0.05, 0.1) is 11.6 Å². The van der Waals surface area contributed by atoms with Crippen molar-refractivity contribution in [1.29, 1.82) is 5.26 Å². The van der Waals surface area contributed by atoms with Gasteiger partial charge in [-0.15, -0.1) is 0 Å². The van der Waals surface area contributed by atoms with E-state index in [0.717, 1.165) is 67.3 Å². The smallest absolute Gasteiger partial charge is 0.0991 e. The number of benzene rings is 2. The Morgan fingerprint density at radius 3 is 2.69 bits per heavy atom. The van der Waals surface area contributed by atoms with E-state index in [-0.39, 0.29) is 0 Å². The molecule has 2 aliphatic heterocycles. The number of aromatic nitrogens is 1. The number of nitrogens with zero attached hydrogens (tertiary/aromatic N) is 3. The van der Waals surface area contributed by atoms with Gasteiger partial charge in [-0.3, -0.25) is 9.88 Å². The molecule has 2 aliphatic rings. The van der Waals surface area contributed by atoms with E-state index in [1.54, 1.807) is 0 Å². The van der Waals surface area contributed by atoms with Gasteiger partial charge in [0.25, 0.3) is 0 Å². The summed E-state index contributed by atoms with van der Waals surface area (Å²) in [4.78, 5) is 6.98. The molecule has 0 atom stereocenters. The number of pyridine rings is 1. The number of anilines is 1. The number of rotatable bonds is 4. The van der Waals surface area contributed by atoms with Gasteiger partial charge in [-0.05, 0) is 59.7 Å². The van der Waals surface area contributed by atoms with Crippen LogP contribution in [0.25, 0.3) is 21.9 Å². The van der Waals surface area contributed by atoms with E-state index in [0.29, 0.717) is 11.6 Å². The summed E-state index contributed by atoms with van der Waals surface area (Å²) in [5, 5.41) is 18.8. The average Bonchev–Trinajstić information content (AvgIpc) is 2.74. The molecule has 29 heavy (non-hydrogen) atoms. The number of hydrogen-bond acceptors (Lipinski definition) is 5. The molecule has 1 aromatic heterocycles. The average molecular weight is 383 g/mol. The fourth-order valence-electron chi connectivity index (χ4n) is 4.41. The third-order valence-corrected chi connectivity index (χ3v) is 6.25. The first-order valence-corrected chi connectivity index (χ1v) is 10.4. The van der Waals surface area contributed by atoms with Gasteiger partial charge in [-0.2, -0.15) is 5.26 Å². The van der Waals surface area contributed by atoms with E-state index in [2.05, 4.69) is 50.9 Å². The van der Waals surface area contributed by atoms with Crippen molar-refractivity contribution in [3.05, 3.63) is 60.4 Å². The highest BCUT2D eigenvalue weighted by molar-refractivity contribution is 5.97. The lowest BCUT2D eigenvalue weighted by molar-refractivity contribution is 0.117. The summed E-state index contributed by atoms with van der Waals surface area (Å²) in [7, 11) is 0. The van der Waals surface area contributed by atoms with Gasteiger partial charge in [0.1, 0.15) is 0 Å². The monoisotopic (exact) mass is 383 g/mol. The van der Waals surface area contributed by atoms with Crippen molar-refractivity contribution in [2.45, 2.75) is 24.9 Å². The molecule has 0 spiro atoms. The van der Waals surface area contributed by atoms with Gasteiger partial charge in [0, 0.05) is 61.7 Å². The van der Waals surface area contributed by atoms with Gasteiger partial charge < -0.3 is 10.6 Å². The SMILES string of the molecule is N#Cc1cccc(-c2cc(NC3CCN(C4CNC4)CC3)c3cnccc3c2)c1. The Balaban J connectivity index is 1.42. The van der Waals surface area contributed by atoms with Gasteiger partial charge in [-0.1, -0.05) is 12.1 Å². The maximum absolute atomic E-state index is 9.26. The summed E-state index contributed by atoms with van der Waals surface area (Å²) in [6.07, 6.45) is 6.11. The number of hydrogen-bond donors (Lipinski definition) is 2. The molecular weight excluding hydrogens is 358 g/mol. The third kappa shape index (κ3) is 3.69. The van der Waals surface area contributed by atoms with Crippen molar-refractivity contribution in [1.82, 2.24) is 15.2 Å². The Morgan fingerprint density at radius 2 is 1.93 bits per heavy atom. The first kappa shape index (κ1) is 18.1. The lowest BCUT2D eigenvalue weighted by atomic mass is 9.97. The van der Waals surface area contributed by atoms with Crippen LogP contribution in [0.3, 0.4) is 0 Å². The van der Waals surface area contributed by atoms with Crippen LogP contribution >= 0.6 is 0 Å². The molecule has 5 nitrogen and oxygen atoms in total. The van der Waals surface area contributed by atoms with E-state index >= 15 is 0 Å². The molecule has 146 valence electrons. The molecule has 2 saturated heterocycles. The topological polar surface area (TPSA) is 64.0 Å². The summed E-state index contributed by atoms with van der Waals surface area (Å²) in [6, 6.07) is 17.7. The zero-order valence-electron chi connectivity index (χ0n) is 16.4. The van der Waals surface area contributed by atoms with Crippen molar-refractivity contribution in [2.75, 3.05) is 31.5 Å². The molecule has 2 N–H and O–H groups in total. The van der Waals surface area contributed by atoms with Crippen LogP contribution in [0.4, 0.5) is 5.69 Å². The van der Waals surface area contributed by atoms with Crippen LogP contribution in [-0.2, 0) is 0 Å². The van der Waals surface area contributed by atoms with E-state index in [1.165, 1.54) is 5.39 Å². The maximum atomic E-state index is 9.26. The summed E-state index contributed by atoms with van der Waals surface area (Å²) < 4.78 is 0. The standard InChI is InChI=1S/C24H25N5/c25-13-17-2-1-3-18(10-17)20-11-19-4-7-26-16-23(19)24(12-20)28-21-5-8-29(9-6-21)22-14-27-15-22/h1-4,7,10-12,16,21-22,27-28H,5-6,8-9,14-15H2. The molecule has 0 bridgehead atoms. The van der Waals surface area contributed by atoms with Crippen molar-refractivity contribution < 1.29 is 0 Å². The Kier molecular flexibility index (Phi) is 4.89. The summed E-state index contributed by atoms with van der Waals surface area (Å²) in [6.45, 7) is 4.59. The third-order valence-electron chi connectivity index (χ3n) is 6.25. The lowest BCUT2D eigenvalue weighted by Crippen LogP contribution is -2.59. The molecule has 2 aromatic carbocycles. The fraction of sp³-hybridized carbons (Fsp3) is 0.333. The van der Waals surface area contributed by atoms with Crippen LogP contribution in [0.2, 0.25) is 0 Å². The molecule has 2 fully saturated rings. The van der Waals surface area contributed by atoms with Crippen molar-refractivity contribution in [3.8, 4) is 17.2 Å². The molecule has 3 aromatic rings. The predicted molar refractivity (Wildman–Crippen MR) is 117 cm³/mol. The van der Waals surface area contributed by atoms with E-state index < -0.39 is 0 Å². The van der Waals surface area contributed by atoms with Crippen LogP contribution in [0.1, 0.15) is 18.4 Å². The van der Waals surface area contributed by atoms with Crippen molar-refractivity contribution in [2.24, 2.45) is 0 Å². The molecule has 0 unspecified atom stereocenters. The van der Waals surface area contributed by atoms with Crippen LogP contribution in [0.15, 0.2) is 54.9 Å². The van der Waals surface area contributed by atoms with Crippen LogP contribution < -0.4 is 10.6 Å². The Morgan fingerprint density at radius 1 is 1.07 bits per heavy atom. The maximum Gasteiger partial charge on any atom is 0.0991 e. The largest absolute Gasteiger partial charge is 0.382 e. The predicted octanol–water partition coefficient (Wildman–Crippen LogP) is 3.62. The van der Waals surface area contributed by atoms with Crippen molar-refractivity contribution >= 4 is 16.5 Å². The zero-order chi connectivity index (χ0) is 19.6. The highest BCUT2D eigenvalue weighted by Crippen LogP contribution is 2.32. The van der Waals surface area contributed by atoms with Crippen LogP contribution in [-0.4, -0.2) is 48.1 Å². The summed E-state index contributed by atoms with van der Waals surface area (Å²) in [5.74, 6) is 0. The molecular formula is C24H25N5. The number of piperidine rings is 1. The number of nitriles is 1. The highest BCUT2D eigenvalue weighted by Gasteiger charge is 2.28. The van der Waals surface area contributed by atoms with Gasteiger partial charge in [0.15, 0.2) is 0 Å². The van der Waals surface area contributed by atoms with E-state index in [4.69, 9.17) is 0 Å². The van der Waals surface area contributed by atoms with Gasteiger partial charge >= 0.3 is 0 Å². The molecule has 5 rings (SSSR count). The molecule has 0 aliphatic carbocycles. The number of fused-ring (bicyclic) bond motifs is 1. The fourth-order valence-corrected chi connectivity index (χ4v) is 4.41. The van der Waals surface area contributed by atoms with E-state index in [9.17, 15) is 5.26 Å². The van der Waals surface area contributed by atoms with Crippen molar-refractivity contribution in [3.63, 3.8) is 0 Å². The molecule has 5 heteroatoms. The Hall–Kier alpha value is -2.94. The minimum absolute atomic E-state index is 0.475. The Labute approximate surface area is 171 Å². The van der Waals surface area contributed by atoms with Crippen LogP contribution in [0, 0.1) is 11.3 Å². The van der Waals surface area contributed by atoms with E-state index in [1.807, 2.05) is 30.6 Å². The van der Waals surface area contributed by atoms with Gasteiger partial charge in [0.2, 0.25) is 0 Å². The molecule has 0 amide bonds. The summed E-state index contributed by atoms with van der Waals surface area (Å²) in [5.41, 5.74) is 4.01. The normalized spacial score (nSPS) is 18.3. The second kappa shape index (κ2) is 7.82. The highest BCUT2D eigenvalue weighted by atomic mass is 15.2.